The van der Waals surface area contributed by atoms with Crippen LogP contribution in [0.5, 0.6) is 0 Å². The van der Waals surface area contributed by atoms with Gasteiger partial charge in [-0.2, -0.15) is 0 Å². The lowest BCUT2D eigenvalue weighted by Gasteiger charge is -2.34. The van der Waals surface area contributed by atoms with E-state index in [4.69, 9.17) is 4.99 Å². The number of likely N-dealkylation sites (N-methyl/N-ethyl adjacent to an activating group) is 1. The summed E-state index contributed by atoms with van der Waals surface area (Å²) in [4.78, 5) is 28.0. The van der Waals surface area contributed by atoms with Crippen LogP contribution in [0.2, 0.25) is 0 Å². The Morgan fingerprint density at radius 2 is 2.00 bits per heavy atom. The van der Waals surface area contributed by atoms with Crippen LogP contribution in [-0.4, -0.2) is 85.6 Å². The van der Waals surface area contributed by atoms with Gasteiger partial charge in [-0.3, -0.25) is 4.79 Å². The molecule has 2 N–H and O–H groups in total. The molecular weight excluding hydrogens is 493 g/mol. The van der Waals surface area contributed by atoms with Crippen LogP contribution in [0.3, 0.4) is 0 Å². The Morgan fingerprint density at radius 3 is 2.70 bits per heavy atom. The fourth-order valence-electron chi connectivity index (χ4n) is 3.86. The molecule has 1 atom stereocenters. The molecule has 1 amide bonds. The van der Waals surface area contributed by atoms with E-state index in [1.54, 1.807) is 0 Å². The summed E-state index contributed by atoms with van der Waals surface area (Å²) in [6, 6.07) is 4.34. The maximum absolute atomic E-state index is 11.9. The van der Waals surface area contributed by atoms with Gasteiger partial charge in [0.25, 0.3) is 0 Å². The van der Waals surface area contributed by atoms with Crippen LogP contribution in [0.1, 0.15) is 32.3 Å². The van der Waals surface area contributed by atoms with Gasteiger partial charge in [0.05, 0.1) is 6.54 Å². The second kappa shape index (κ2) is 12.3. The monoisotopic (exact) mass is 529 g/mol. The molecule has 1 unspecified atom stereocenters. The number of carbonyl (C=O) groups is 1. The predicted molar refractivity (Wildman–Crippen MR) is 133 cm³/mol. The lowest BCUT2D eigenvalue weighted by molar-refractivity contribution is -0.129. The number of halogens is 1. The Bertz CT molecular complexity index is 706. The van der Waals surface area contributed by atoms with Gasteiger partial charge < -0.3 is 25.3 Å². The van der Waals surface area contributed by atoms with Crippen LogP contribution in [0, 0.1) is 0 Å². The quantitative estimate of drug-likeness (QED) is 0.331. The number of hydrogen-bond acceptors (Lipinski definition) is 5. The van der Waals surface area contributed by atoms with Gasteiger partial charge in [-0.05, 0) is 26.5 Å². The molecule has 9 heteroatoms. The summed E-state index contributed by atoms with van der Waals surface area (Å²) < 4.78 is 0. The number of amides is 1. The third-order valence-electron chi connectivity index (χ3n) is 5.61. The lowest BCUT2D eigenvalue weighted by atomic mass is 10.2. The van der Waals surface area contributed by atoms with Crippen molar-refractivity contribution in [2.45, 2.75) is 39.3 Å². The fourth-order valence-corrected chi connectivity index (χ4v) is 3.86. The number of piperazine rings is 1. The zero-order chi connectivity index (χ0) is 20.6. The highest BCUT2D eigenvalue weighted by molar-refractivity contribution is 14.0. The Balaban J connectivity index is 0.00000320. The summed E-state index contributed by atoms with van der Waals surface area (Å²) in [5.74, 6) is 2.07. The molecule has 8 nitrogen and oxygen atoms in total. The minimum Gasteiger partial charge on any atom is -0.357 e. The molecule has 0 spiro atoms. The minimum absolute atomic E-state index is 0. The molecule has 2 fully saturated rings. The molecule has 2 aliphatic rings. The number of aromatic nitrogens is 1. The largest absolute Gasteiger partial charge is 0.357 e. The number of anilines is 1. The Labute approximate surface area is 197 Å². The van der Waals surface area contributed by atoms with Crippen molar-refractivity contribution < 1.29 is 4.79 Å². The second-order valence-electron chi connectivity index (χ2n) is 7.79. The van der Waals surface area contributed by atoms with Gasteiger partial charge in [0.2, 0.25) is 5.91 Å². The number of likely N-dealkylation sites (tertiary alicyclic amines) is 1. The maximum Gasteiger partial charge on any atom is 0.222 e. The number of nitrogens with zero attached hydrogens (tertiary/aromatic N) is 5. The standard InChI is InChI=1S/C21H35N7O.HI/c1-4-19(29)28-10-8-18(16-28)25-21(22-5-2)24-15-17-7-6-9-23-20(17)27-13-11-26(3)12-14-27;/h6-7,9,18H,4-5,8,10-16H2,1-3H3,(H2,22,24,25);1H. The van der Waals surface area contributed by atoms with E-state index in [-0.39, 0.29) is 35.9 Å². The van der Waals surface area contributed by atoms with Crippen molar-refractivity contribution in [1.29, 1.82) is 0 Å². The number of pyridine rings is 1. The first-order valence-corrected chi connectivity index (χ1v) is 10.8. The van der Waals surface area contributed by atoms with Crippen LogP contribution in [-0.2, 0) is 11.3 Å². The molecule has 1 aromatic rings. The summed E-state index contributed by atoms with van der Waals surface area (Å²) >= 11 is 0. The Hall–Kier alpha value is -1.62. The molecule has 0 bridgehead atoms. The van der Waals surface area contributed by atoms with Crippen molar-refractivity contribution in [3.05, 3.63) is 23.9 Å². The van der Waals surface area contributed by atoms with Gasteiger partial charge in [-0.15, -0.1) is 24.0 Å². The second-order valence-corrected chi connectivity index (χ2v) is 7.79. The molecule has 0 saturated carbocycles. The summed E-state index contributed by atoms with van der Waals surface area (Å²) in [6.45, 7) is 11.0. The van der Waals surface area contributed by atoms with E-state index >= 15 is 0 Å². The Kier molecular flexibility index (Phi) is 10.1. The molecule has 2 saturated heterocycles. The molecular formula is C21H36IN7O. The molecule has 168 valence electrons. The van der Waals surface area contributed by atoms with Gasteiger partial charge in [0.15, 0.2) is 5.96 Å². The topological polar surface area (TPSA) is 76.1 Å². The fraction of sp³-hybridized carbons (Fsp3) is 0.667. The van der Waals surface area contributed by atoms with Crippen molar-refractivity contribution in [2.75, 3.05) is 57.8 Å². The van der Waals surface area contributed by atoms with Gasteiger partial charge in [0.1, 0.15) is 5.82 Å². The van der Waals surface area contributed by atoms with E-state index in [9.17, 15) is 4.79 Å². The highest BCUT2D eigenvalue weighted by atomic mass is 127. The molecule has 2 aliphatic heterocycles. The van der Waals surface area contributed by atoms with Crippen LogP contribution in [0.25, 0.3) is 0 Å². The zero-order valence-electron chi connectivity index (χ0n) is 18.4. The van der Waals surface area contributed by atoms with E-state index < -0.39 is 0 Å². The third kappa shape index (κ3) is 6.69. The van der Waals surface area contributed by atoms with Crippen molar-refractivity contribution in [1.82, 2.24) is 25.4 Å². The maximum atomic E-state index is 11.9. The molecule has 0 aromatic carbocycles. The van der Waals surface area contributed by atoms with Crippen molar-refractivity contribution in [3.8, 4) is 0 Å². The highest BCUT2D eigenvalue weighted by Gasteiger charge is 2.26. The van der Waals surface area contributed by atoms with E-state index in [1.807, 2.05) is 24.1 Å². The van der Waals surface area contributed by atoms with Gasteiger partial charge in [-0.1, -0.05) is 13.0 Å². The van der Waals surface area contributed by atoms with Crippen LogP contribution >= 0.6 is 24.0 Å². The zero-order valence-corrected chi connectivity index (χ0v) is 20.8. The number of hydrogen-bond donors (Lipinski definition) is 2. The van der Waals surface area contributed by atoms with Crippen LogP contribution in [0.4, 0.5) is 5.82 Å². The van der Waals surface area contributed by atoms with Gasteiger partial charge in [0, 0.05) is 70.0 Å². The average Bonchev–Trinajstić information content (AvgIpc) is 3.21. The molecule has 1 aromatic heterocycles. The van der Waals surface area contributed by atoms with Crippen molar-refractivity contribution in [3.63, 3.8) is 0 Å². The van der Waals surface area contributed by atoms with Crippen LogP contribution in [0.15, 0.2) is 23.3 Å². The van der Waals surface area contributed by atoms with Crippen molar-refractivity contribution >= 4 is 41.7 Å². The molecule has 0 aliphatic carbocycles. The van der Waals surface area contributed by atoms with Gasteiger partial charge in [-0.25, -0.2) is 9.98 Å². The highest BCUT2D eigenvalue weighted by Crippen LogP contribution is 2.19. The minimum atomic E-state index is 0. The first-order valence-electron chi connectivity index (χ1n) is 10.8. The summed E-state index contributed by atoms with van der Waals surface area (Å²) in [5, 5.41) is 6.84. The number of carbonyl (C=O) groups excluding carboxylic acids is 1. The summed E-state index contributed by atoms with van der Waals surface area (Å²) in [6.07, 6.45) is 3.38. The predicted octanol–water partition coefficient (Wildman–Crippen LogP) is 1.52. The Morgan fingerprint density at radius 1 is 1.23 bits per heavy atom. The number of nitrogens with one attached hydrogen (secondary N) is 2. The van der Waals surface area contributed by atoms with E-state index in [0.717, 1.165) is 69.6 Å². The van der Waals surface area contributed by atoms with Crippen LogP contribution < -0.4 is 15.5 Å². The smallest absolute Gasteiger partial charge is 0.222 e. The number of aliphatic imine (C=N–C) groups is 1. The first kappa shape index (κ1) is 24.6. The average molecular weight is 529 g/mol. The number of rotatable bonds is 6. The SMILES string of the molecule is CCNC(=NCc1cccnc1N1CCN(C)CC1)NC1CCN(C(=O)CC)C1.I. The molecule has 0 radical (unpaired) electrons. The summed E-state index contributed by atoms with van der Waals surface area (Å²) in [5.41, 5.74) is 1.14. The summed E-state index contributed by atoms with van der Waals surface area (Å²) in [7, 11) is 2.16. The van der Waals surface area contributed by atoms with E-state index in [1.165, 1.54) is 0 Å². The lowest BCUT2D eigenvalue weighted by Crippen LogP contribution is -2.45. The van der Waals surface area contributed by atoms with E-state index in [2.05, 4.69) is 45.5 Å². The molecule has 3 rings (SSSR count). The third-order valence-corrected chi connectivity index (χ3v) is 5.61. The number of guanidine groups is 1. The van der Waals surface area contributed by atoms with E-state index in [0.29, 0.717) is 13.0 Å². The van der Waals surface area contributed by atoms with Gasteiger partial charge >= 0.3 is 0 Å². The first-order chi connectivity index (χ1) is 14.1. The molecule has 30 heavy (non-hydrogen) atoms. The molecule has 3 heterocycles. The normalized spacial score (nSPS) is 20.1. The van der Waals surface area contributed by atoms with Crippen molar-refractivity contribution in [2.24, 2.45) is 4.99 Å².